The van der Waals surface area contributed by atoms with Gasteiger partial charge in [0, 0.05) is 5.92 Å². The summed E-state index contributed by atoms with van der Waals surface area (Å²) in [6.07, 6.45) is 0.647. The molecule has 0 aromatic carbocycles. The molecule has 4 nitrogen and oxygen atoms in total. The van der Waals surface area contributed by atoms with Gasteiger partial charge in [0.2, 0.25) is 4.47 Å². The molecule has 0 aliphatic carbocycles. The maximum absolute atomic E-state index is 11.1. The zero-order valence-corrected chi connectivity index (χ0v) is 8.99. The Balaban J connectivity index is 2.21. The van der Waals surface area contributed by atoms with Gasteiger partial charge in [0.25, 0.3) is 0 Å². The number of hydrogen-bond acceptors (Lipinski definition) is 5. The Kier molecular flexibility index (Phi) is 2.29. The lowest BCUT2D eigenvalue weighted by atomic mass is 10.1. The first-order valence-electron chi connectivity index (χ1n) is 3.76. The standard InChI is InChI=1S/C6H7ClN2O2S2/c7-6-9-8-5(12-6)4-1-2-13(10,11)3-4/h4H,1-3H2. The van der Waals surface area contributed by atoms with E-state index in [0.29, 0.717) is 10.9 Å². The minimum absolute atomic E-state index is 0.00926. The minimum Gasteiger partial charge on any atom is -0.229 e. The number of hydrogen-bond donors (Lipinski definition) is 0. The van der Waals surface area contributed by atoms with Crippen LogP contribution in [0.5, 0.6) is 0 Å². The highest BCUT2D eigenvalue weighted by atomic mass is 35.5. The van der Waals surface area contributed by atoms with Crippen molar-refractivity contribution in [2.75, 3.05) is 11.5 Å². The van der Waals surface area contributed by atoms with Crippen LogP contribution in [-0.2, 0) is 9.84 Å². The van der Waals surface area contributed by atoms with Gasteiger partial charge in [-0.1, -0.05) is 11.3 Å². The quantitative estimate of drug-likeness (QED) is 0.735. The monoisotopic (exact) mass is 238 g/mol. The van der Waals surface area contributed by atoms with Crippen molar-refractivity contribution in [1.82, 2.24) is 10.2 Å². The van der Waals surface area contributed by atoms with E-state index in [2.05, 4.69) is 10.2 Å². The Morgan fingerprint density at radius 1 is 1.46 bits per heavy atom. The largest absolute Gasteiger partial charge is 0.229 e. The highest BCUT2D eigenvalue weighted by molar-refractivity contribution is 7.91. The maximum Gasteiger partial charge on any atom is 0.207 e. The molecule has 0 saturated carbocycles. The van der Waals surface area contributed by atoms with Gasteiger partial charge in [-0.3, -0.25) is 0 Å². The molecule has 1 aromatic rings. The first-order valence-corrected chi connectivity index (χ1v) is 6.78. The van der Waals surface area contributed by atoms with Gasteiger partial charge < -0.3 is 0 Å². The third kappa shape index (κ3) is 2.00. The number of sulfone groups is 1. The molecule has 0 radical (unpaired) electrons. The highest BCUT2D eigenvalue weighted by Gasteiger charge is 2.31. The lowest BCUT2D eigenvalue weighted by Crippen LogP contribution is -2.03. The summed E-state index contributed by atoms with van der Waals surface area (Å²) in [6, 6.07) is 0. The predicted molar refractivity (Wildman–Crippen MR) is 50.9 cm³/mol. The molecule has 1 aliphatic heterocycles. The fraction of sp³-hybridized carbons (Fsp3) is 0.667. The van der Waals surface area contributed by atoms with Gasteiger partial charge in [-0.05, 0) is 18.0 Å². The van der Waals surface area contributed by atoms with Gasteiger partial charge in [-0.15, -0.1) is 10.2 Å². The normalized spacial score (nSPS) is 26.4. The van der Waals surface area contributed by atoms with Crippen molar-refractivity contribution in [2.45, 2.75) is 12.3 Å². The van der Waals surface area contributed by atoms with Crippen molar-refractivity contribution in [3.63, 3.8) is 0 Å². The smallest absolute Gasteiger partial charge is 0.207 e. The van der Waals surface area contributed by atoms with Crippen molar-refractivity contribution in [3.8, 4) is 0 Å². The summed E-state index contributed by atoms with van der Waals surface area (Å²) in [5.74, 6) is 0.461. The van der Waals surface area contributed by atoms with E-state index in [1.165, 1.54) is 11.3 Å². The zero-order valence-electron chi connectivity index (χ0n) is 6.60. The molecular formula is C6H7ClN2O2S2. The van der Waals surface area contributed by atoms with E-state index in [4.69, 9.17) is 11.6 Å². The predicted octanol–water partition coefficient (Wildman–Crippen LogP) is 1.09. The second kappa shape index (κ2) is 3.18. The summed E-state index contributed by atoms with van der Waals surface area (Å²) < 4.78 is 22.7. The van der Waals surface area contributed by atoms with Gasteiger partial charge in [-0.2, -0.15) is 0 Å². The van der Waals surface area contributed by atoms with Gasteiger partial charge >= 0.3 is 0 Å². The molecule has 0 bridgehead atoms. The van der Waals surface area contributed by atoms with Crippen LogP contribution in [0.15, 0.2) is 0 Å². The van der Waals surface area contributed by atoms with Crippen LogP contribution in [0.4, 0.5) is 0 Å². The summed E-state index contributed by atoms with van der Waals surface area (Å²) >= 11 is 6.87. The summed E-state index contributed by atoms with van der Waals surface area (Å²) in [4.78, 5) is 0. The molecule has 13 heavy (non-hydrogen) atoms. The van der Waals surface area contributed by atoms with Crippen molar-refractivity contribution < 1.29 is 8.42 Å². The maximum atomic E-state index is 11.1. The molecule has 0 spiro atoms. The molecule has 1 aromatic heterocycles. The highest BCUT2D eigenvalue weighted by Crippen LogP contribution is 2.31. The van der Waals surface area contributed by atoms with Gasteiger partial charge in [-0.25, -0.2) is 8.42 Å². The first-order chi connectivity index (χ1) is 6.07. The Hall–Kier alpha value is -0.200. The molecule has 1 atom stereocenters. The van der Waals surface area contributed by atoms with Crippen LogP contribution in [0.25, 0.3) is 0 Å². The second-order valence-electron chi connectivity index (χ2n) is 2.99. The van der Waals surface area contributed by atoms with Crippen molar-refractivity contribution in [1.29, 1.82) is 0 Å². The Morgan fingerprint density at radius 2 is 2.23 bits per heavy atom. The molecule has 0 amide bonds. The Morgan fingerprint density at radius 3 is 2.69 bits per heavy atom. The molecule has 0 N–H and O–H groups in total. The van der Waals surface area contributed by atoms with Crippen LogP contribution < -0.4 is 0 Å². The lowest BCUT2D eigenvalue weighted by Gasteiger charge is -1.98. The summed E-state index contributed by atoms with van der Waals surface area (Å²) in [5.41, 5.74) is 0. The van der Waals surface area contributed by atoms with Crippen LogP contribution >= 0.6 is 22.9 Å². The van der Waals surface area contributed by atoms with E-state index in [9.17, 15) is 8.42 Å². The van der Waals surface area contributed by atoms with Crippen LogP contribution in [0.1, 0.15) is 17.3 Å². The van der Waals surface area contributed by atoms with Crippen molar-refractivity contribution >= 4 is 32.8 Å². The number of rotatable bonds is 1. The van der Waals surface area contributed by atoms with Gasteiger partial charge in [0.1, 0.15) is 5.01 Å². The molecule has 72 valence electrons. The van der Waals surface area contributed by atoms with E-state index < -0.39 is 9.84 Å². The molecule has 1 fully saturated rings. The molecule has 7 heteroatoms. The summed E-state index contributed by atoms with van der Waals surface area (Å²) in [6.45, 7) is 0. The zero-order chi connectivity index (χ0) is 9.47. The van der Waals surface area contributed by atoms with E-state index in [1.807, 2.05) is 0 Å². The lowest BCUT2D eigenvalue weighted by molar-refractivity contribution is 0.601. The Bertz CT molecular complexity index is 414. The third-order valence-electron chi connectivity index (χ3n) is 2.00. The van der Waals surface area contributed by atoms with Crippen LogP contribution in [0, 0.1) is 0 Å². The van der Waals surface area contributed by atoms with Crippen LogP contribution in [0.2, 0.25) is 4.47 Å². The number of nitrogens with zero attached hydrogens (tertiary/aromatic N) is 2. The third-order valence-corrected chi connectivity index (χ3v) is 4.95. The van der Waals surface area contributed by atoms with E-state index in [0.717, 1.165) is 5.01 Å². The molecule has 1 unspecified atom stereocenters. The summed E-state index contributed by atoms with van der Waals surface area (Å²) in [7, 11) is -2.84. The molecule has 1 saturated heterocycles. The van der Waals surface area contributed by atoms with Gasteiger partial charge in [0.15, 0.2) is 9.84 Å². The van der Waals surface area contributed by atoms with Crippen LogP contribution in [-0.4, -0.2) is 30.1 Å². The molecule has 2 heterocycles. The first kappa shape index (κ1) is 9.36. The van der Waals surface area contributed by atoms with Gasteiger partial charge in [0.05, 0.1) is 11.5 Å². The molecule has 2 rings (SSSR count). The fourth-order valence-electron chi connectivity index (χ4n) is 1.37. The average Bonchev–Trinajstić information content (AvgIpc) is 2.56. The topological polar surface area (TPSA) is 59.9 Å². The molecule has 1 aliphatic rings. The van der Waals surface area contributed by atoms with Crippen molar-refractivity contribution in [3.05, 3.63) is 9.47 Å². The number of halogens is 1. The molecular weight excluding hydrogens is 232 g/mol. The second-order valence-corrected chi connectivity index (χ2v) is 6.81. The minimum atomic E-state index is -2.84. The Labute approximate surface area is 84.9 Å². The SMILES string of the molecule is O=S1(=O)CCC(c2nnc(Cl)s2)C1. The van der Waals surface area contributed by atoms with E-state index >= 15 is 0 Å². The number of aromatic nitrogens is 2. The summed E-state index contributed by atoms with van der Waals surface area (Å²) in [5, 5.41) is 8.23. The average molecular weight is 239 g/mol. The van der Waals surface area contributed by atoms with E-state index in [-0.39, 0.29) is 17.4 Å². The van der Waals surface area contributed by atoms with E-state index in [1.54, 1.807) is 0 Å². The fourth-order valence-corrected chi connectivity index (χ4v) is 4.20. The van der Waals surface area contributed by atoms with Crippen LogP contribution in [0.3, 0.4) is 0 Å². The van der Waals surface area contributed by atoms with Crippen molar-refractivity contribution in [2.24, 2.45) is 0 Å².